The summed E-state index contributed by atoms with van der Waals surface area (Å²) < 4.78 is 48.7. The summed E-state index contributed by atoms with van der Waals surface area (Å²) >= 11 is 12.2. The number of alkyl halides is 3. The van der Waals surface area contributed by atoms with Crippen LogP contribution in [0.3, 0.4) is 0 Å². The molecular weight excluding hydrogens is 580 g/mol. The number of hydrogen-bond acceptors (Lipinski definition) is 6. The molecule has 2 atom stereocenters. The minimum atomic E-state index is -4.81. The third-order valence-corrected chi connectivity index (χ3v) is 8.48. The molecule has 41 heavy (non-hydrogen) atoms. The van der Waals surface area contributed by atoms with E-state index in [0.717, 1.165) is 49.2 Å². The van der Waals surface area contributed by atoms with Crippen LogP contribution in [0.1, 0.15) is 47.7 Å². The number of nitrogens with one attached hydrogen (secondary N) is 1. The number of halogens is 5. The van der Waals surface area contributed by atoms with Gasteiger partial charge in [0.25, 0.3) is 5.91 Å². The molecule has 0 aliphatic carbocycles. The Labute approximate surface area is 246 Å². The highest BCUT2D eigenvalue weighted by Gasteiger charge is 2.48. The van der Waals surface area contributed by atoms with Crippen LogP contribution in [-0.4, -0.2) is 52.8 Å². The van der Waals surface area contributed by atoms with Crippen molar-refractivity contribution >= 4 is 29.1 Å². The molecule has 7 nitrogen and oxygen atoms in total. The Morgan fingerprint density at radius 2 is 1.85 bits per heavy atom. The number of piperidine rings is 1. The zero-order chi connectivity index (χ0) is 29.2. The van der Waals surface area contributed by atoms with Gasteiger partial charge < -0.3 is 19.7 Å². The number of aromatic nitrogens is 2. The minimum Gasteiger partial charge on any atom is -0.482 e. The van der Waals surface area contributed by atoms with E-state index in [1.807, 2.05) is 24.3 Å². The molecule has 0 spiro atoms. The number of likely N-dealkylation sites (tertiary alicyclic amines) is 1. The number of pyridine rings is 2. The number of carbonyl (C=O) groups is 1. The standard InChI is InChI=1S/C29H29Cl2F3N4O3/c1-18(8-11-36-27(39)26-22(30)16-35-17-23(26)31)38-12-9-20(10-13-38)28(14-19-4-2-3-5-24(19)40-28)21-6-7-25(37-15-21)41-29(32,33)34/h2-7,15-18,20H,8-14H2,1H3,(H,36,39). The van der Waals surface area contributed by atoms with Gasteiger partial charge in [-0.05, 0) is 57.0 Å². The van der Waals surface area contributed by atoms with Gasteiger partial charge >= 0.3 is 6.36 Å². The average molecular weight is 609 g/mol. The van der Waals surface area contributed by atoms with Crippen LogP contribution in [0.15, 0.2) is 55.0 Å². The summed E-state index contributed by atoms with van der Waals surface area (Å²) in [5.74, 6) is 0.0545. The molecule has 4 heterocycles. The highest BCUT2D eigenvalue weighted by Crippen LogP contribution is 2.49. The van der Waals surface area contributed by atoms with Crippen LogP contribution in [0.4, 0.5) is 13.2 Å². The van der Waals surface area contributed by atoms with E-state index in [0.29, 0.717) is 13.0 Å². The summed E-state index contributed by atoms with van der Waals surface area (Å²) in [6.45, 7) is 4.20. The maximum atomic E-state index is 12.7. The lowest BCUT2D eigenvalue weighted by Gasteiger charge is -2.43. The van der Waals surface area contributed by atoms with E-state index in [2.05, 4.69) is 31.8 Å². The Morgan fingerprint density at radius 1 is 1.15 bits per heavy atom. The molecule has 2 aliphatic rings. The summed E-state index contributed by atoms with van der Waals surface area (Å²) in [4.78, 5) is 22.8. The number of amides is 1. The van der Waals surface area contributed by atoms with Gasteiger partial charge in [0, 0.05) is 55.1 Å². The summed E-state index contributed by atoms with van der Waals surface area (Å²) in [6, 6.07) is 10.9. The van der Waals surface area contributed by atoms with E-state index in [1.54, 1.807) is 6.07 Å². The molecule has 2 unspecified atom stereocenters. The first-order chi connectivity index (χ1) is 19.6. The average Bonchev–Trinajstić information content (AvgIpc) is 3.33. The molecule has 0 radical (unpaired) electrons. The van der Waals surface area contributed by atoms with Crippen molar-refractivity contribution in [2.75, 3.05) is 19.6 Å². The molecular formula is C29H29Cl2F3N4O3. The van der Waals surface area contributed by atoms with Crippen LogP contribution in [0, 0.1) is 5.92 Å². The lowest BCUT2D eigenvalue weighted by atomic mass is 9.74. The van der Waals surface area contributed by atoms with Crippen LogP contribution >= 0.6 is 23.2 Å². The first-order valence-corrected chi connectivity index (χ1v) is 14.1. The van der Waals surface area contributed by atoms with E-state index in [-0.39, 0.29) is 33.5 Å². The predicted octanol–water partition coefficient (Wildman–Crippen LogP) is 6.43. The van der Waals surface area contributed by atoms with Crippen LogP contribution in [0.25, 0.3) is 0 Å². The summed E-state index contributed by atoms with van der Waals surface area (Å²) in [5, 5.41) is 3.29. The Kier molecular flexibility index (Phi) is 8.63. The van der Waals surface area contributed by atoms with Crippen molar-refractivity contribution in [1.29, 1.82) is 0 Å². The summed E-state index contributed by atoms with van der Waals surface area (Å²) in [6.07, 6.45) is 2.39. The van der Waals surface area contributed by atoms with Crippen molar-refractivity contribution in [2.24, 2.45) is 5.92 Å². The van der Waals surface area contributed by atoms with E-state index >= 15 is 0 Å². The molecule has 1 fully saturated rings. The maximum Gasteiger partial charge on any atom is 0.574 e. The Morgan fingerprint density at radius 3 is 2.49 bits per heavy atom. The predicted molar refractivity (Wildman–Crippen MR) is 148 cm³/mol. The normalized spacial score (nSPS) is 20.2. The molecule has 0 saturated carbocycles. The summed E-state index contributed by atoms with van der Waals surface area (Å²) in [7, 11) is 0. The molecule has 2 aromatic heterocycles. The first-order valence-electron chi connectivity index (χ1n) is 13.4. The topological polar surface area (TPSA) is 76.6 Å². The van der Waals surface area contributed by atoms with Gasteiger partial charge in [-0.1, -0.05) is 41.4 Å². The fourth-order valence-electron chi connectivity index (χ4n) is 5.80. The lowest BCUT2D eigenvalue weighted by molar-refractivity contribution is -0.276. The van der Waals surface area contributed by atoms with Crippen LogP contribution in [0.2, 0.25) is 10.0 Å². The molecule has 0 bridgehead atoms. The quantitative estimate of drug-likeness (QED) is 0.317. The number of benzene rings is 1. The van der Waals surface area contributed by atoms with Gasteiger partial charge in [-0.15, -0.1) is 13.2 Å². The SMILES string of the molecule is CC(CCNC(=O)c1c(Cl)cncc1Cl)N1CCC(C2(c3ccc(OC(F)(F)F)nc3)Cc3ccccc3O2)CC1. The third-order valence-electron chi connectivity index (χ3n) is 7.90. The van der Waals surface area contributed by atoms with Crippen molar-refractivity contribution in [3.8, 4) is 11.6 Å². The van der Waals surface area contributed by atoms with Crippen molar-refractivity contribution in [1.82, 2.24) is 20.2 Å². The second-order valence-electron chi connectivity index (χ2n) is 10.4. The number of rotatable bonds is 8. The fourth-order valence-corrected chi connectivity index (χ4v) is 6.34. The van der Waals surface area contributed by atoms with Gasteiger partial charge in [0.15, 0.2) is 0 Å². The van der Waals surface area contributed by atoms with E-state index in [1.165, 1.54) is 24.7 Å². The third kappa shape index (κ3) is 6.55. The second kappa shape index (κ2) is 12.0. The van der Waals surface area contributed by atoms with Crippen LogP contribution in [0.5, 0.6) is 11.6 Å². The Hall–Kier alpha value is -3.08. The molecule has 12 heteroatoms. The Bertz CT molecular complexity index is 1340. The minimum absolute atomic E-state index is 0.116. The first kappa shape index (κ1) is 29.4. The Balaban J connectivity index is 1.23. The monoisotopic (exact) mass is 608 g/mol. The number of fused-ring (bicyclic) bond motifs is 1. The van der Waals surface area contributed by atoms with Gasteiger partial charge in [-0.3, -0.25) is 9.78 Å². The molecule has 5 rings (SSSR count). The fraction of sp³-hybridized carbons (Fsp3) is 0.414. The van der Waals surface area contributed by atoms with Gasteiger partial charge in [-0.2, -0.15) is 0 Å². The summed E-state index contributed by atoms with van der Waals surface area (Å²) in [5.41, 5.74) is 1.27. The zero-order valence-corrected chi connectivity index (χ0v) is 23.8. The van der Waals surface area contributed by atoms with Crippen molar-refractivity contribution in [3.63, 3.8) is 0 Å². The zero-order valence-electron chi connectivity index (χ0n) is 22.3. The largest absolute Gasteiger partial charge is 0.574 e. The molecule has 1 saturated heterocycles. The van der Waals surface area contributed by atoms with Gasteiger partial charge in [0.05, 0.1) is 15.6 Å². The van der Waals surface area contributed by atoms with Gasteiger partial charge in [0.1, 0.15) is 11.4 Å². The van der Waals surface area contributed by atoms with Crippen molar-refractivity contribution in [2.45, 2.75) is 50.6 Å². The highest BCUT2D eigenvalue weighted by atomic mass is 35.5. The van der Waals surface area contributed by atoms with Crippen LogP contribution in [-0.2, 0) is 12.0 Å². The number of hydrogen-bond donors (Lipinski definition) is 1. The van der Waals surface area contributed by atoms with Crippen LogP contribution < -0.4 is 14.8 Å². The van der Waals surface area contributed by atoms with Gasteiger partial charge in [0.2, 0.25) is 5.88 Å². The number of carbonyl (C=O) groups excluding carboxylic acids is 1. The van der Waals surface area contributed by atoms with E-state index in [9.17, 15) is 18.0 Å². The number of nitrogens with zero attached hydrogens (tertiary/aromatic N) is 3. The van der Waals surface area contributed by atoms with Gasteiger partial charge in [-0.25, -0.2) is 4.98 Å². The number of para-hydroxylation sites is 1. The molecule has 2 aliphatic heterocycles. The highest BCUT2D eigenvalue weighted by molar-refractivity contribution is 6.39. The number of ether oxygens (including phenoxy) is 2. The maximum absolute atomic E-state index is 12.7. The van der Waals surface area contributed by atoms with E-state index in [4.69, 9.17) is 27.9 Å². The smallest absolute Gasteiger partial charge is 0.482 e. The van der Waals surface area contributed by atoms with Crippen molar-refractivity contribution < 1.29 is 27.4 Å². The molecule has 218 valence electrons. The molecule has 1 N–H and O–H groups in total. The molecule has 1 amide bonds. The second-order valence-corrected chi connectivity index (χ2v) is 11.2. The molecule has 1 aromatic carbocycles. The van der Waals surface area contributed by atoms with E-state index < -0.39 is 17.8 Å². The molecule has 3 aromatic rings. The lowest BCUT2D eigenvalue weighted by Crippen LogP contribution is -2.48. The van der Waals surface area contributed by atoms with Crippen molar-refractivity contribution in [3.05, 3.63) is 81.7 Å².